The van der Waals surface area contributed by atoms with Crippen molar-refractivity contribution in [1.82, 2.24) is 4.98 Å². The number of hydrogen-bond acceptors (Lipinski definition) is 7. The number of carbonyl (C=O) groups excluding carboxylic acids is 1. The summed E-state index contributed by atoms with van der Waals surface area (Å²) in [6.45, 7) is 4.23. The smallest absolute Gasteiger partial charge is 0.297 e. The fourth-order valence-corrected chi connectivity index (χ4v) is 5.64. The number of aromatic nitrogens is 1. The van der Waals surface area contributed by atoms with Crippen LogP contribution in [0.3, 0.4) is 0 Å². The molecular formula is C30H24N2O5S. The second-order valence-corrected chi connectivity index (χ2v) is 10.3. The zero-order valence-electron chi connectivity index (χ0n) is 21.1. The van der Waals surface area contributed by atoms with E-state index >= 15 is 0 Å². The van der Waals surface area contributed by atoms with Gasteiger partial charge in [-0.15, -0.1) is 11.3 Å². The van der Waals surface area contributed by atoms with E-state index in [1.165, 1.54) is 11.3 Å². The van der Waals surface area contributed by atoms with Gasteiger partial charge in [-0.1, -0.05) is 48.5 Å². The van der Waals surface area contributed by atoms with Gasteiger partial charge in [0.25, 0.3) is 5.91 Å². The number of nitrogens with zero attached hydrogens (tertiary/aromatic N) is 2. The Kier molecular flexibility index (Phi) is 5.96. The molecule has 1 amide bonds. The minimum absolute atomic E-state index is 0.0348. The SMILES string of the molecule is COc1cc(C2c3c(oc4ccccc4c3=O)C(=O)N2c2nc(C)c(C)s2)ccc1OCc1ccccc1. The molecule has 3 heterocycles. The molecule has 0 fully saturated rings. The molecule has 0 bridgehead atoms. The van der Waals surface area contributed by atoms with Crippen molar-refractivity contribution >= 4 is 33.3 Å². The Morgan fingerprint density at radius 1 is 0.974 bits per heavy atom. The topological polar surface area (TPSA) is 81.9 Å². The number of ether oxygens (including phenoxy) is 2. The molecule has 190 valence electrons. The molecule has 1 unspecified atom stereocenters. The van der Waals surface area contributed by atoms with Gasteiger partial charge in [-0.25, -0.2) is 4.98 Å². The molecule has 6 rings (SSSR count). The zero-order valence-corrected chi connectivity index (χ0v) is 21.9. The summed E-state index contributed by atoms with van der Waals surface area (Å²) in [5, 5.41) is 0.931. The molecule has 0 saturated carbocycles. The Balaban J connectivity index is 1.49. The third kappa shape index (κ3) is 3.94. The van der Waals surface area contributed by atoms with Gasteiger partial charge in [0.05, 0.1) is 29.8 Å². The fraction of sp³-hybridized carbons (Fsp3) is 0.167. The van der Waals surface area contributed by atoms with Crippen molar-refractivity contribution in [1.29, 1.82) is 0 Å². The maximum absolute atomic E-state index is 13.8. The molecule has 8 heteroatoms. The van der Waals surface area contributed by atoms with Crippen LogP contribution in [0, 0.1) is 13.8 Å². The number of thiazole rings is 1. The van der Waals surface area contributed by atoms with Crippen LogP contribution in [0.5, 0.6) is 11.5 Å². The van der Waals surface area contributed by atoms with Crippen LogP contribution in [-0.4, -0.2) is 18.0 Å². The minimum atomic E-state index is -0.736. The first-order valence-corrected chi connectivity index (χ1v) is 13.0. The molecule has 0 N–H and O–H groups in total. The lowest BCUT2D eigenvalue weighted by Crippen LogP contribution is -2.29. The lowest BCUT2D eigenvalue weighted by Gasteiger charge is -2.23. The Labute approximate surface area is 222 Å². The number of carbonyl (C=O) groups is 1. The van der Waals surface area contributed by atoms with Gasteiger partial charge in [0, 0.05) is 4.88 Å². The van der Waals surface area contributed by atoms with Crippen molar-refractivity contribution in [3.63, 3.8) is 0 Å². The number of anilines is 1. The van der Waals surface area contributed by atoms with Crippen LogP contribution in [0.2, 0.25) is 0 Å². The third-order valence-electron chi connectivity index (χ3n) is 6.74. The Morgan fingerprint density at radius 2 is 1.74 bits per heavy atom. The molecule has 3 aromatic carbocycles. The molecule has 38 heavy (non-hydrogen) atoms. The Hall–Kier alpha value is -4.43. The monoisotopic (exact) mass is 524 g/mol. The number of rotatable bonds is 6. The van der Waals surface area contributed by atoms with Gasteiger partial charge in [0.2, 0.25) is 5.76 Å². The van der Waals surface area contributed by atoms with E-state index in [1.54, 1.807) is 42.3 Å². The Bertz CT molecular complexity index is 1720. The molecule has 7 nitrogen and oxygen atoms in total. The van der Waals surface area contributed by atoms with E-state index in [0.29, 0.717) is 45.3 Å². The van der Waals surface area contributed by atoms with Crippen molar-refractivity contribution in [2.24, 2.45) is 0 Å². The van der Waals surface area contributed by atoms with Crippen LogP contribution in [-0.2, 0) is 6.61 Å². The summed E-state index contributed by atoms with van der Waals surface area (Å²) in [5.74, 6) is 0.691. The first-order valence-electron chi connectivity index (χ1n) is 12.1. The predicted octanol–water partition coefficient (Wildman–Crippen LogP) is 6.20. The zero-order chi connectivity index (χ0) is 26.4. The van der Waals surface area contributed by atoms with E-state index in [0.717, 1.165) is 16.1 Å². The van der Waals surface area contributed by atoms with Gasteiger partial charge in [-0.05, 0) is 49.2 Å². The minimum Gasteiger partial charge on any atom is -0.493 e. The molecule has 1 aliphatic rings. The van der Waals surface area contributed by atoms with E-state index < -0.39 is 11.9 Å². The summed E-state index contributed by atoms with van der Waals surface area (Å²) in [4.78, 5) is 34.7. The molecule has 1 aliphatic heterocycles. The highest BCUT2D eigenvalue weighted by atomic mass is 32.1. The third-order valence-corrected chi connectivity index (χ3v) is 7.81. The van der Waals surface area contributed by atoms with Gasteiger partial charge in [-0.2, -0.15) is 0 Å². The number of methoxy groups -OCH3 is 1. The van der Waals surface area contributed by atoms with Gasteiger partial charge in [-0.3, -0.25) is 14.5 Å². The number of aryl methyl sites for hydroxylation is 2. The normalized spacial score (nSPS) is 14.7. The van der Waals surface area contributed by atoms with Crippen LogP contribution in [0.15, 0.2) is 82.0 Å². The van der Waals surface area contributed by atoms with E-state index in [4.69, 9.17) is 13.9 Å². The van der Waals surface area contributed by atoms with Crippen molar-refractivity contribution in [2.45, 2.75) is 26.5 Å². The molecular weight excluding hydrogens is 500 g/mol. The first-order chi connectivity index (χ1) is 18.5. The van der Waals surface area contributed by atoms with E-state index in [9.17, 15) is 9.59 Å². The lowest BCUT2D eigenvalue weighted by atomic mass is 9.98. The standard InChI is InChI=1S/C30H24N2O5S/c1-17-18(2)38-30(31-17)32-26(25-27(33)21-11-7-8-12-22(21)37-28(25)29(32)34)20-13-14-23(24(15-20)35-3)36-16-19-9-5-4-6-10-19/h4-15,26H,16H2,1-3H3. The van der Waals surface area contributed by atoms with Crippen molar-refractivity contribution in [2.75, 3.05) is 12.0 Å². The summed E-state index contributed by atoms with van der Waals surface area (Å²) >= 11 is 1.41. The molecule has 1 atom stereocenters. The number of amides is 1. The number of fused-ring (bicyclic) bond motifs is 2. The maximum Gasteiger partial charge on any atom is 0.297 e. The van der Waals surface area contributed by atoms with E-state index in [1.807, 2.05) is 56.3 Å². The highest BCUT2D eigenvalue weighted by molar-refractivity contribution is 7.15. The first kappa shape index (κ1) is 23.9. The maximum atomic E-state index is 13.8. The molecule has 0 aliphatic carbocycles. The molecule has 0 saturated heterocycles. The van der Waals surface area contributed by atoms with Gasteiger partial charge < -0.3 is 13.9 Å². The summed E-state index contributed by atoms with van der Waals surface area (Å²) in [6, 6.07) is 21.5. The number of hydrogen-bond donors (Lipinski definition) is 0. The average Bonchev–Trinajstić information content (AvgIpc) is 3.43. The number of para-hydroxylation sites is 1. The summed E-state index contributed by atoms with van der Waals surface area (Å²) in [5.41, 5.74) is 2.97. The van der Waals surface area contributed by atoms with E-state index in [2.05, 4.69) is 4.98 Å². The highest BCUT2D eigenvalue weighted by Gasteiger charge is 2.45. The van der Waals surface area contributed by atoms with Crippen molar-refractivity contribution < 1.29 is 18.7 Å². The molecule has 5 aromatic rings. The van der Waals surface area contributed by atoms with Gasteiger partial charge >= 0.3 is 0 Å². The van der Waals surface area contributed by atoms with E-state index in [-0.39, 0.29) is 11.2 Å². The van der Waals surface area contributed by atoms with Crippen LogP contribution >= 0.6 is 11.3 Å². The largest absolute Gasteiger partial charge is 0.493 e. The molecule has 0 radical (unpaired) electrons. The second kappa shape index (κ2) is 9.46. The average molecular weight is 525 g/mol. The summed E-state index contributed by atoms with van der Waals surface area (Å²) in [7, 11) is 1.56. The molecule has 2 aromatic heterocycles. The van der Waals surface area contributed by atoms with Gasteiger partial charge in [0.15, 0.2) is 22.1 Å². The lowest BCUT2D eigenvalue weighted by molar-refractivity contribution is 0.0971. The Morgan fingerprint density at radius 3 is 2.47 bits per heavy atom. The van der Waals surface area contributed by atoms with Crippen molar-refractivity contribution in [3.8, 4) is 11.5 Å². The summed E-state index contributed by atoms with van der Waals surface area (Å²) in [6.07, 6.45) is 0. The summed E-state index contributed by atoms with van der Waals surface area (Å²) < 4.78 is 17.7. The van der Waals surface area contributed by atoms with Crippen molar-refractivity contribution in [3.05, 3.63) is 116 Å². The fourth-order valence-electron chi connectivity index (χ4n) is 4.70. The van der Waals surface area contributed by atoms with Gasteiger partial charge in [0.1, 0.15) is 12.2 Å². The second-order valence-electron chi connectivity index (χ2n) is 9.07. The van der Waals surface area contributed by atoms with Crippen LogP contribution in [0.4, 0.5) is 5.13 Å². The van der Waals surface area contributed by atoms with Crippen LogP contribution in [0.1, 0.15) is 43.9 Å². The quantitative estimate of drug-likeness (QED) is 0.263. The highest BCUT2D eigenvalue weighted by Crippen LogP contribution is 2.44. The number of benzene rings is 3. The predicted molar refractivity (Wildman–Crippen MR) is 146 cm³/mol. The molecule has 0 spiro atoms. The van der Waals surface area contributed by atoms with Crippen LogP contribution < -0.4 is 19.8 Å². The van der Waals surface area contributed by atoms with Crippen LogP contribution in [0.25, 0.3) is 11.0 Å².